The van der Waals surface area contributed by atoms with E-state index in [9.17, 15) is 0 Å². The van der Waals surface area contributed by atoms with Crippen molar-refractivity contribution in [2.75, 3.05) is 13.1 Å². The summed E-state index contributed by atoms with van der Waals surface area (Å²) in [4.78, 5) is 14.1. The van der Waals surface area contributed by atoms with E-state index >= 15 is 0 Å². The van der Waals surface area contributed by atoms with E-state index in [0.29, 0.717) is 12.1 Å². The summed E-state index contributed by atoms with van der Waals surface area (Å²) < 4.78 is 0. The summed E-state index contributed by atoms with van der Waals surface area (Å²) in [7, 11) is 0. The van der Waals surface area contributed by atoms with E-state index in [4.69, 9.17) is 0 Å². The lowest BCUT2D eigenvalue weighted by Gasteiger charge is -2.33. The first-order valence-electron chi connectivity index (χ1n) is 7.66. The Morgan fingerprint density at radius 1 is 0.810 bits per heavy atom. The van der Waals surface area contributed by atoms with Crippen LogP contribution in [0.25, 0.3) is 0 Å². The SMILES string of the molecule is c1ccc(CN2CC3CC2CN3Cc2ccccn2)nc1. The molecule has 2 aromatic rings. The normalized spacial score (nSPS) is 25.5. The molecule has 2 fully saturated rings. The maximum atomic E-state index is 4.45. The molecule has 0 aromatic carbocycles. The average molecular weight is 280 g/mol. The number of fused-ring (bicyclic) bond motifs is 2. The van der Waals surface area contributed by atoms with Crippen molar-refractivity contribution in [3.8, 4) is 0 Å². The van der Waals surface area contributed by atoms with Crippen LogP contribution in [0.2, 0.25) is 0 Å². The molecule has 0 saturated carbocycles. The van der Waals surface area contributed by atoms with Crippen molar-refractivity contribution in [2.45, 2.75) is 31.6 Å². The van der Waals surface area contributed by atoms with Gasteiger partial charge in [-0.25, -0.2) is 0 Å². The standard InChI is InChI=1S/C17H20N4/c1-3-7-18-14(5-1)10-20-12-17-9-16(20)13-21(17)11-15-6-2-4-8-19-15/h1-8,16-17H,9-13H2. The Balaban J connectivity index is 1.37. The number of likely N-dealkylation sites (tertiary alicyclic amines) is 2. The molecule has 2 atom stereocenters. The van der Waals surface area contributed by atoms with E-state index in [-0.39, 0.29) is 0 Å². The van der Waals surface area contributed by atoms with Crippen molar-refractivity contribution < 1.29 is 0 Å². The summed E-state index contributed by atoms with van der Waals surface area (Å²) in [6.45, 7) is 4.29. The lowest BCUT2D eigenvalue weighted by molar-refractivity contribution is 0.116. The highest BCUT2D eigenvalue weighted by Crippen LogP contribution is 2.32. The number of nitrogens with zero attached hydrogens (tertiary/aromatic N) is 4. The first-order valence-corrected chi connectivity index (χ1v) is 7.66. The van der Waals surface area contributed by atoms with Gasteiger partial charge >= 0.3 is 0 Å². The first-order chi connectivity index (χ1) is 10.4. The average Bonchev–Trinajstić information content (AvgIpc) is 3.09. The molecule has 2 bridgehead atoms. The highest BCUT2D eigenvalue weighted by atomic mass is 15.3. The van der Waals surface area contributed by atoms with Crippen molar-refractivity contribution in [2.24, 2.45) is 0 Å². The Morgan fingerprint density at radius 3 is 1.71 bits per heavy atom. The van der Waals surface area contributed by atoms with Crippen LogP contribution in [-0.4, -0.2) is 44.9 Å². The van der Waals surface area contributed by atoms with Gasteiger partial charge in [-0.15, -0.1) is 0 Å². The predicted molar refractivity (Wildman–Crippen MR) is 81.5 cm³/mol. The molecule has 0 N–H and O–H groups in total. The molecule has 0 radical (unpaired) electrons. The van der Waals surface area contributed by atoms with Crippen molar-refractivity contribution >= 4 is 0 Å². The second-order valence-corrected chi connectivity index (χ2v) is 6.04. The number of hydrogen-bond acceptors (Lipinski definition) is 4. The fourth-order valence-electron chi connectivity index (χ4n) is 3.62. The van der Waals surface area contributed by atoms with Gasteiger partial charge in [-0.2, -0.15) is 0 Å². The topological polar surface area (TPSA) is 32.3 Å². The van der Waals surface area contributed by atoms with Gasteiger partial charge in [0.2, 0.25) is 0 Å². The van der Waals surface area contributed by atoms with Gasteiger partial charge < -0.3 is 0 Å². The number of aromatic nitrogens is 2. The van der Waals surface area contributed by atoms with E-state index in [2.05, 4.69) is 44.0 Å². The van der Waals surface area contributed by atoms with Gasteiger partial charge in [-0.05, 0) is 30.7 Å². The van der Waals surface area contributed by atoms with Gasteiger partial charge in [0.05, 0.1) is 11.4 Å². The minimum atomic E-state index is 0.681. The number of hydrogen-bond donors (Lipinski definition) is 0. The van der Waals surface area contributed by atoms with E-state index < -0.39 is 0 Å². The predicted octanol–water partition coefficient (Wildman–Crippen LogP) is 1.94. The van der Waals surface area contributed by atoms with Crippen molar-refractivity contribution in [3.63, 3.8) is 0 Å². The monoisotopic (exact) mass is 280 g/mol. The quantitative estimate of drug-likeness (QED) is 0.856. The molecule has 0 spiro atoms. The molecule has 4 heterocycles. The number of rotatable bonds is 4. The van der Waals surface area contributed by atoms with Crippen molar-refractivity contribution in [1.82, 2.24) is 19.8 Å². The zero-order valence-electron chi connectivity index (χ0n) is 12.1. The van der Waals surface area contributed by atoms with Gasteiger partial charge in [0, 0.05) is 50.7 Å². The molecule has 2 aliphatic heterocycles. The number of piperazine rings is 1. The van der Waals surface area contributed by atoms with Gasteiger partial charge in [-0.3, -0.25) is 19.8 Å². The Hall–Kier alpha value is -1.78. The largest absolute Gasteiger partial charge is 0.292 e. The first kappa shape index (κ1) is 12.9. The molecular weight excluding hydrogens is 260 g/mol. The summed E-state index contributed by atoms with van der Waals surface area (Å²) in [6, 6.07) is 13.7. The van der Waals surface area contributed by atoms with E-state index in [1.807, 2.05) is 24.5 Å². The molecule has 108 valence electrons. The fraction of sp³-hybridized carbons (Fsp3) is 0.412. The van der Waals surface area contributed by atoms with Crippen LogP contribution in [0.3, 0.4) is 0 Å². The summed E-state index contributed by atoms with van der Waals surface area (Å²) in [5.41, 5.74) is 2.36. The molecule has 4 heteroatoms. The highest BCUT2D eigenvalue weighted by Gasteiger charge is 2.42. The Labute approximate surface area is 125 Å². The maximum absolute atomic E-state index is 4.45. The molecule has 2 aliphatic rings. The molecule has 2 aromatic heterocycles. The van der Waals surface area contributed by atoms with E-state index in [1.54, 1.807) is 0 Å². The van der Waals surface area contributed by atoms with Crippen LogP contribution in [0.5, 0.6) is 0 Å². The molecule has 4 nitrogen and oxygen atoms in total. The molecule has 4 rings (SSSR count). The Kier molecular flexibility index (Phi) is 3.41. The Morgan fingerprint density at radius 2 is 1.33 bits per heavy atom. The van der Waals surface area contributed by atoms with Crippen molar-refractivity contribution in [1.29, 1.82) is 0 Å². The summed E-state index contributed by atoms with van der Waals surface area (Å²) >= 11 is 0. The van der Waals surface area contributed by atoms with Gasteiger partial charge in [-0.1, -0.05) is 12.1 Å². The Bertz CT molecular complexity index is 533. The third kappa shape index (κ3) is 2.69. The van der Waals surface area contributed by atoms with Gasteiger partial charge in [0.1, 0.15) is 0 Å². The highest BCUT2D eigenvalue weighted by molar-refractivity contribution is 5.09. The summed E-state index contributed by atoms with van der Waals surface area (Å²) in [5, 5.41) is 0. The minimum Gasteiger partial charge on any atom is -0.292 e. The van der Waals surface area contributed by atoms with Gasteiger partial charge in [0.25, 0.3) is 0 Å². The second kappa shape index (κ2) is 5.54. The number of pyridine rings is 2. The fourth-order valence-corrected chi connectivity index (χ4v) is 3.62. The third-order valence-corrected chi connectivity index (χ3v) is 4.65. The summed E-state index contributed by atoms with van der Waals surface area (Å²) in [6.07, 6.45) is 5.06. The lowest BCUT2D eigenvalue weighted by atomic mass is 10.2. The third-order valence-electron chi connectivity index (χ3n) is 4.65. The zero-order valence-corrected chi connectivity index (χ0v) is 12.1. The van der Waals surface area contributed by atoms with Crippen LogP contribution >= 0.6 is 0 Å². The minimum absolute atomic E-state index is 0.681. The molecule has 0 aliphatic carbocycles. The van der Waals surface area contributed by atoms with E-state index in [0.717, 1.165) is 26.2 Å². The summed E-state index contributed by atoms with van der Waals surface area (Å²) in [5.74, 6) is 0. The van der Waals surface area contributed by atoms with Crippen LogP contribution < -0.4 is 0 Å². The second-order valence-electron chi connectivity index (χ2n) is 6.04. The van der Waals surface area contributed by atoms with Crippen molar-refractivity contribution in [3.05, 3.63) is 60.2 Å². The smallest absolute Gasteiger partial charge is 0.0544 e. The van der Waals surface area contributed by atoms with Crippen LogP contribution in [0.1, 0.15) is 17.8 Å². The van der Waals surface area contributed by atoms with Crippen LogP contribution in [0.15, 0.2) is 48.8 Å². The van der Waals surface area contributed by atoms with E-state index in [1.165, 1.54) is 17.8 Å². The molecule has 2 unspecified atom stereocenters. The zero-order chi connectivity index (χ0) is 14.1. The molecule has 0 amide bonds. The lowest BCUT2D eigenvalue weighted by Crippen LogP contribution is -2.45. The van der Waals surface area contributed by atoms with Gasteiger partial charge in [0.15, 0.2) is 0 Å². The van der Waals surface area contributed by atoms with Crippen LogP contribution in [0.4, 0.5) is 0 Å². The molecule has 21 heavy (non-hydrogen) atoms. The molecule has 2 saturated heterocycles. The van der Waals surface area contributed by atoms with Crippen LogP contribution in [-0.2, 0) is 13.1 Å². The van der Waals surface area contributed by atoms with Crippen LogP contribution in [0, 0.1) is 0 Å². The maximum Gasteiger partial charge on any atom is 0.0544 e. The molecular formula is C17H20N4.